The quantitative estimate of drug-likeness (QED) is 0.281. The standard InChI is InChI=1S/C28H29N5O4S/c1-18(2)25(26(34)30-27(29)35)38-28-32-31-24(33(28)21-14-8-10-16-23(21)36-3)17-37-22-15-9-7-13-20(22)19-11-5-4-6-12-19/h4-16,18,25H,17H2,1-3H3,(H3,29,30,34,35). The van der Waals surface area contributed by atoms with E-state index in [0.717, 1.165) is 11.1 Å². The number of para-hydroxylation sites is 3. The molecular formula is C28H29N5O4S. The summed E-state index contributed by atoms with van der Waals surface area (Å²) in [6.07, 6.45) is 0. The minimum Gasteiger partial charge on any atom is -0.495 e. The number of hydrogen-bond acceptors (Lipinski definition) is 7. The van der Waals surface area contributed by atoms with Crippen LogP contribution in [0.2, 0.25) is 0 Å². The van der Waals surface area contributed by atoms with Crippen LogP contribution in [-0.2, 0) is 11.4 Å². The van der Waals surface area contributed by atoms with E-state index in [9.17, 15) is 9.59 Å². The molecule has 3 N–H and O–H groups in total. The van der Waals surface area contributed by atoms with Gasteiger partial charge >= 0.3 is 6.03 Å². The van der Waals surface area contributed by atoms with Gasteiger partial charge in [-0.1, -0.05) is 86.3 Å². The summed E-state index contributed by atoms with van der Waals surface area (Å²) in [6, 6.07) is 24.3. The number of hydrogen-bond donors (Lipinski definition) is 2. The minimum atomic E-state index is -0.904. The molecular weight excluding hydrogens is 502 g/mol. The second-order valence-electron chi connectivity index (χ2n) is 8.69. The van der Waals surface area contributed by atoms with Crippen molar-refractivity contribution >= 4 is 23.7 Å². The van der Waals surface area contributed by atoms with Crippen LogP contribution in [0.3, 0.4) is 0 Å². The summed E-state index contributed by atoms with van der Waals surface area (Å²) in [5.41, 5.74) is 7.87. The van der Waals surface area contributed by atoms with Gasteiger partial charge in [0.2, 0.25) is 5.91 Å². The van der Waals surface area contributed by atoms with Gasteiger partial charge in [0.05, 0.1) is 18.0 Å². The van der Waals surface area contributed by atoms with Gasteiger partial charge in [-0.15, -0.1) is 10.2 Å². The molecule has 1 unspecified atom stereocenters. The van der Waals surface area contributed by atoms with Crippen molar-refractivity contribution in [3.05, 3.63) is 84.7 Å². The first-order chi connectivity index (χ1) is 18.4. The van der Waals surface area contributed by atoms with Crippen molar-refractivity contribution in [1.29, 1.82) is 0 Å². The van der Waals surface area contributed by atoms with Crippen molar-refractivity contribution in [1.82, 2.24) is 20.1 Å². The van der Waals surface area contributed by atoms with Gasteiger partial charge in [0.1, 0.15) is 18.1 Å². The van der Waals surface area contributed by atoms with E-state index in [1.54, 1.807) is 7.11 Å². The Morgan fingerprint density at radius 2 is 1.61 bits per heavy atom. The number of carbonyl (C=O) groups is 2. The summed E-state index contributed by atoms with van der Waals surface area (Å²) in [4.78, 5) is 24.1. The highest BCUT2D eigenvalue weighted by Gasteiger charge is 2.29. The van der Waals surface area contributed by atoms with Crippen molar-refractivity contribution in [3.8, 4) is 28.3 Å². The monoisotopic (exact) mass is 531 g/mol. The normalized spacial score (nSPS) is 11.7. The largest absolute Gasteiger partial charge is 0.495 e. The maximum atomic E-state index is 12.7. The number of aromatic nitrogens is 3. The highest BCUT2D eigenvalue weighted by molar-refractivity contribution is 8.00. The Balaban J connectivity index is 1.71. The van der Waals surface area contributed by atoms with Crippen LogP contribution in [0.1, 0.15) is 19.7 Å². The second-order valence-corrected chi connectivity index (χ2v) is 9.80. The number of thioether (sulfide) groups is 1. The average Bonchev–Trinajstić information content (AvgIpc) is 3.32. The molecule has 0 saturated heterocycles. The van der Waals surface area contributed by atoms with E-state index >= 15 is 0 Å². The molecule has 10 heteroatoms. The molecule has 1 aromatic heterocycles. The van der Waals surface area contributed by atoms with E-state index in [2.05, 4.69) is 15.5 Å². The molecule has 0 aliphatic rings. The molecule has 0 aliphatic heterocycles. The first-order valence-corrected chi connectivity index (χ1v) is 12.9. The molecule has 0 radical (unpaired) electrons. The Labute approximate surface area is 225 Å². The summed E-state index contributed by atoms with van der Waals surface area (Å²) in [7, 11) is 1.58. The average molecular weight is 532 g/mol. The summed E-state index contributed by atoms with van der Waals surface area (Å²) < 4.78 is 13.7. The lowest BCUT2D eigenvalue weighted by molar-refractivity contribution is -0.120. The van der Waals surface area contributed by atoms with Crippen LogP contribution >= 0.6 is 11.8 Å². The molecule has 1 heterocycles. The molecule has 0 bridgehead atoms. The van der Waals surface area contributed by atoms with Crippen LogP contribution < -0.4 is 20.5 Å². The third kappa shape index (κ3) is 6.15. The number of nitrogens with one attached hydrogen (secondary N) is 1. The number of nitrogens with zero attached hydrogens (tertiary/aromatic N) is 3. The topological polar surface area (TPSA) is 121 Å². The molecule has 0 fully saturated rings. The van der Waals surface area contributed by atoms with E-state index < -0.39 is 17.2 Å². The van der Waals surface area contributed by atoms with Crippen LogP contribution in [0.15, 0.2) is 84.0 Å². The number of rotatable bonds is 10. The first kappa shape index (κ1) is 26.7. The number of carbonyl (C=O) groups excluding carboxylic acids is 2. The Hall–Kier alpha value is -4.31. The Bertz CT molecular complexity index is 1410. The molecule has 0 spiro atoms. The number of amides is 3. The molecule has 0 aliphatic carbocycles. The van der Waals surface area contributed by atoms with E-state index in [1.807, 2.05) is 97.3 Å². The smallest absolute Gasteiger partial charge is 0.318 e. The van der Waals surface area contributed by atoms with E-state index in [0.29, 0.717) is 28.2 Å². The van der Waals surface area contributed by atoms with Crippen molar-refractivity contribution in [2.75, 3.05) is 7.11 Å². The molecule has 196 valence electrons. The molecule has 4 rings (SSSR count). The van der Waals surface area contributed by atoms with Gasteiger partial charge in [-0.25, -0.2) is 4.79 Å². The van der Waals surface area contributed by atoms with Crippen LogP contribution in [0.25, 0.3) is 16.8 Å². The fraction of sp³-hybridized carbons (Fsp3) is 0.214. The number of benzene rings is 3. The Kier molecular flexibility index (Phi) is 8.65. The number of ether oxygens (including phenoxy) is 2. The highest BCUT2D eigenvalue weighted by atomic mass is 32.2. The summed E-state index contributed by atoms with van der Waals surface area (Å²) >= 11 is 1.19. The zero-order valence-electron chi connectivity index (χ0n) is 21.3. The fourth-order valence-electron chi connectivity index (χ4n) is 3.92. The van der Waals surface area contributed by atoms with Crippen molar-refractivity contribution in [2.24, 2.45) is 11.7 Å². The van der Waals surface area contributed by atoms with Crippen LogP contribution in [-0.4, -0.2) is 39.1 Å². The molecule has 1 atom stereocenters. The predicted octanol–water partition coefficient (Wildman–Crippen LogP) is 4.83. The maximum Gasteiger partial charge on any atom is 0.318 e. The van der Waals surface area contributed by atoms with Crippen molar-refractivity contribution in [3.63, 3.8) is 0 Å². The maximum absolute atomic E-state index is 12.7. The second kappa shape index (κ2) is 12.3. The predicted molar refractivity (Wildman–Crippen MR) is 146 cm³/mol. The number of imide groups is 1. The lowest BCUT2D eigenvalue weighted by Gasteiger charge is -2.20. The molecule has 3 aromatic carbocycles. The third-order valence-corrected chi connectivity index (χ3v) is 7.19. The molecule has 4 aromatic rings. The number of nitrogens with two attached hydrogens (primary N) is 1. The van der Waals surface area contributed by atoms with Crippen LogP contribution in [0.4, 0.5) is 4.79 Å². The van der Waals surface area contributed by atoms with Gasteiger partial charge in [0, 0.05) is 5.56 Å². The molecule has 3 amide bonds. The van der Waals surface area contributed by atoms with Gasteiger partial charge < -0.3 is 15.2 Å². The van der Waals surface area contributed by atoms with Crippen molar-refractivity contribution in [2.45, 2.75) is 30.9 Å². The summed E-state index contributed by atoms with van der Waals surface area (Å²) in [5, 5.41) is 10.8. The van der Waals surface area contributed by atoms with E-state index in [-0.39, 0.29) is 12.5 Å². The number of methoxy groups -OCH3 is 1. The molecule has 38 heavy (non-hydrogen) atoms. The fourth-order valence-corrected chi connectivity index (χ4v) is 4.98. The van der Waals surface area contributed by atoms with Crippen LogP contribution in [0.5, 0.6) is 11.5 Å². The van der Waals surface area contributed by atoms with Gasteiger partial charge in [-0.05, 0) is 29.7 Å². The Morgan fingerprint density at radius 3 is 2.29 bits per heavy atom. The van der Waals surface area contributed by atoms with Crippen molar-refractivity contribution < 1.29 is 19.1 Å². The zero-order valence-corrected chi connectivity index (χ0v) is 22.1. The van der Waals surface area contributed by atoms with Gasteiger partial charge in [0.15, 0.2) is 11.0 Å². The van der Waals surface area contributed by atoms with Gasteiger partial charge in [-0.2, -0.15) is 0 Å². The van der Waals surface area contributed by atoms with Gasteiger partial charge in [-0.3, -0.25) is 14.7 Å². The third-order valence-electron chi connectivity index (χ3n) is 5.70. The van der Waals surface area contributed by atoms with Gasteiger partial charge in [0.25, 0.3) is 0 Å². The van der Waals surface area contributed by atoms with E-state index in [4.69, 9.17) is 15.2 Å². The summed E-state index contributed by atoms with van der Waals surface area (Å²) in [6.45, 7) is 3.87. The minimum absolute atomic E-state index is 0.106. The molecule has 9 nitrogen and oxygen atoms in total. The SMILES string of the molecule is COc1ccccc1-n1c(COc2ccccc2-c2ccccc2)nnc1SC(C(=O)NC(N)=O)C(C)C. The lowest BCUT2D eigenvalue weighted by Crippen LogP contribution is -2.42. The number of primary amides is 1. The lowest BCUT2D eigenvalue weighted by atomic mass is 10.1. The molecule has 0 saturated carbocycles. The Morgan fingerprint density at radius 1 is 0.947 bits per heavy atom. The summed E-state index contributed by atoms with van der Waals surface area (Å²) in [5.74, 6) is 1.19. The zero-order chi connectivity index (χ0) is 27.1. The number of urea groups is 1. The highest BCUT2D eigenvalue weighted by Crippen LogP contribution is 2.34. The van der Waals surface area contributed by atoms with E-state index in [1.165, 1.54) is 11.8 Å². The van der Waals surface area contributed by atoms with Crippen LogP contribution in [0, 0.1) is 5.92 Å². The first-order valence-electron chi connectivity index (χ1n) is 12.0.